The van der Waals surface area contributed by atoms with Crippen molar-refractivity contribution in [2.75, 3.05) is 0 Å². The van der Waals surface area contributed by atoms with Crippen molar-refractivity contribution in [3.63, 3.8) is 0 Å². The molecular formula is C13H19N3O3. The molecule has 0 fully saturated rings. The van der Waals surface area contributed by atoms with Gasteiger partial charge in [0.25, 0.3) is 0 Å². The van der Waals surface area contributed by atoms with Gasteiger partial charge in [-0.1, -0.05) is 19.9 Å². The Labute approximate surface area is 112 Å². The summed E-state index contributed by atoms with van der Waals surface area (Å²) in [6, 6.07) is 2.31. The molecule has 3 N–H and O–H groups in total. The first kappa shape index (κ1) is 14.9. The maximum absolute atomic E-state index is 11.6. The van der Waals surface area contributed by atoms with Gasteiger partial charge in [-0.2, -0.15) is 0 Å². The first-order valence-electron chi connectivity index (χ1n) is 6.09. The minimum atomic E-state index is -1.04. The van der Waals surface area contributed by atoms with Gasteiger partial charge in [-0.05, 0) is 24.5 Å². The van der Waals surface area contributed by atoms with Gasteiger partial charge in [-0.15, -0.1) is 0 Å². The third-order valence-corrected chi connectivity index (χ3v) is 2.75. The number of rotatable bonds is 5. The number of pyridine rings is 1. The lowest BCUT2D eigenvalue weighted by atomic mass is 10.1. The van der Waals surface area contributed by atoms with Crippen LogP contribution in [0.5, 0.6) is 0 Å². The number of nitrogens with zero attached hydrogens (tertiary/aromatic N) is 1. The van der Waals surface area contributed by atoms with Crippen LogP contribution in [0.25, 0.3) is 0 Å². The summed E-state index contributed by atoms with van der Waals surface area (Å²) < 4.78 is 0. The molecule has 2 amide bonds. The van der Waals surface area contributed by atoms with Crippen molar-refractivity contribution in [3.8, 4) is 0 Å². The Morgan fingerprint density at radius 2 is 2.11 bits per heavy atom. The monoisotopic (exact) mass is 265 g/mol. The average Bonchev–Trinajstić information content (AvgIpc) is 2.34. The summed E-state index contributed by atoms with van der Waals surface area (Å²) in [5.41, 5.74) is 1.73. The third kappa shape index (κ3) is 4.57. The summed E-state index contributed by atoms with van der Waals surface area (Å²) >= 11 is 0. The van der Waals surface area contributed by atoms with Gasteiger partial charge in [0.2, 0.25) is 0 Å². The Kier molecular flexibility index (Phi) is 5.29. The van der Waals surface area contributed by atoms with Crippen molar-refractivity contribution in [1.29, 1.82) is 0 Å². The predicted octanol–water partition coefficient (Wildman–Crippen LogP) is 1.30. The standard InChI is InChI=1S/C13H19N3O3/c1-8(2)11(12(17)18)16-13(19)15-7-10-9(3)5-4-6-14-10/h4-6,8,11H,7H2,1-3H3,(H,17,18)(H2,15,16,19)/t11-/m0/s1. The van der Waals surface area contributed by atoms with E-state index in [1.54, 1.807) is 20.0 Å². The number of carboxylic acid groups (broad SMARTS) is 1. The molecule has 0 unspecified atom stereocenters. The van der Waals surface area contributed by atoms with Crippen molar-refractivity contribution in [3.05, 3.63) is 29.6 Å². The molecule has 1 aromatic heterocycles. The molecule has 0 saturated heterocycles. The zero-order valence-corrected chi connectivity index (χ0v) is 11.3. The van der Waals surface area contributed by atoms with Crippen LogP contribution in [-0.4, -0.2) is 28.1 Å². The fraction of sp³-hybridized carbons (Fsp3) is 0.462. The molecule has 0 spiro atoms. The second-order valence-electron chi connectivity index (χ2n) is 4.65. The summed E-state index contributed by atoms with van der Waals surface area (Å²) in [4.78, 5) is 26.7. The largest absolute Gasteiger partial charge is 0.480 e. The van der Waals surface area contributed by atoms with Crippen LogP contribution in [-0.2, 0) is 11.3 Å². The van der Waals surface area contributed by atoms with Crippen LogP contribution in [0.15, 0.2) is 18.3 Å². The first-order valence-corrected chi connectivity index (χ1v) is 6.09. The maximum atomic E-state index is 11.6. The summed E-state index contributed by atoms with van der Waals surface area (Å²) in [5.74, 6) is -1.22. The van der Waals surface area contributed by atoms with E-state index in [-0.39, 0.29) is 12.5 Å². The second-order valence-corrected chi connectivity index (χ2v) is 4.65. The zero-order valence-electron chi connectivity index (χ0n) is 11.3. The highest BCUT2D eigenvalue weighted by Gasteiger charge is 2.23. The zero-order chi connectivity index (χ0) is 14.4. The Hall–Kier alpha value is -2.11. The smallest absolute Gasteiger partial charge is 0.326 e. The lowest BCUT2D eigenvalue weighted by Crippen LogP contribution is -2.48. The molecule has 0 radical (unpaired) electrons. The topological polar surface area (TPSA) is 91.3 Å². The highest BCUT2D eigenvalue weighted by Crippen LogP contribution is 2.03. The van der Waals surface area contributed by atoms with Gasteiger partial charge in [0.15, 0.2) is 0 Å². The van der Waals surface area contributed by atoms with E-state index in [0.717, 1.165) is 11.3 Å². The molecule has 104 valence electrons. The Morgan fingerprint density at radius 1 is 1.42 bits per heavy atom. The second kappa shape index (κ2) is 6.72. The molecule has 0 aromatic carbocycles. The molecule has 0 saturated carbocycles. The molecule has 1 aromatic rings. The number of carbonyl (C=O) groups excluding carboxylic acids is 1. The summed E-state index contributed by atoms with van der Waals surface area (Å²) in [6.07, 6.45) is 1.65. The average molecular weight is 265 g/mol. The molecule has 1 rings (SSSR count). The lowest BCUT2D eigenvalue weighted by Gasteiger charge is -2.18. The highest BCUT2D eigenvalue weighted by atomic mass is 16.4. The molecule has 6 nitrogen and oxygen atoms in total. The lowest BCUT2D eigenvalue weighted by molar-refractivity contribution is -0.140. The van der Waals surface area contributed by atoms with Gasteiger partial charge in [-0.3, -0.25) is 4.98 Å². The van der Waals surface area contributed by atoms with Gasteiger partial charge in [0.05, 0.1) is 12.2 Å². The van der Waals surface area contributed by atoms with Crippen molar-refractivity contribution in [2.24, 2.45) is 5.92 Å². The van der Waals surface area contributed by atoms with E-state index in [2.05, 4.69) is 15.6 Å². The predicted molar refractivity (Wildman–Crippen MR) is 70.6 cm³/mol. The molecule has 1 heterocycles. The fourth-order valence-electron chi connectivity index (χ4n) is 1.57. The molecule has 19 heavy (non-hydrogen) atoms. The minimum absolute atomic E-state index is 0.181. The first-order chi connectivity index (χ1) is 8.91. The molecule has 1 atom stereocenters. The van der Waals surface area contributed by atoms with Crippen molar-refractivity contribution in [1.82, 2.24) is 15.6 Å². The Morgan fingerprint density at radius 3 is 2.63 bits per heavy atom. The molecule has 6 heteroatoms. The van der Waals surface area contributed by atoms with Gasteiger partial charge in [-0.25, -0.2) is 9.59 Å². The number of carbonyl (C=O) groups is 2. The van der Waals surface area contributed by atoms with Crippen LogP contribution in [0, 0.1) is 12.8 Å². The van der Waals surface area contributed by atoms with E-state index in [1.807, 2.05) is 19.1 Å². The molecule has 0 bridgehead atoms. The van der Waals surface area contributed by atoms with E-state index in [4.69, 9.17) is 5.11 Å². The minimum Gasteiger partial charge on any atom is -0.480 e. The highest BCUT2D eigenvalue weighted by molar-refractivity contribution is 5.82. The van der Waals surface area contributed by atoms with E-state index in [0.29, 0.717) is 0 Å². The normalized spacial score (nSPS) is 12.0. The number of aryl methyl sites for hydroxylation is 1. The Balaban J connectivity index is 2.52. The van der Waals surface area contributed by atoms with Crippen LogP contribution >= 0.6 is 0 Å². The van der Waals surface area contributed by atoms with E-state index >= 15 is 0 Å². The quantitative estimate of drug-likeness (QED) is 0.748. The number of aliphatic carboxylic acids is 1. The number of hydrogen-bond donors (Lipinski definition) is 3. The summed E-state index contributed by atoms with van der Waals surface area (Å²) in [6.45, 7) is 5.64. The number of aromatic nitrogens is 1. The van der Waals surface area contributed by atoms with Gasteiger partial charge >= 0.3 is 12.0 Å². The van der Waals surface area contributed by atoms with Gasteiger partial charge < -0.3 is 15.7 Å². The number of hydrogen-bond acceptors (Lipinski definition) is 3. The maximum Gasteiger partial charge on any atom is 0.326 e. The van der Waals surface area contributed by atoms with E-state index in [1.165, 1.54) is 0 Å². The molecule has 0 aliphatic rings. The van der Waals surface area contributed by atoms with Crippen LogP contribution in [0.1, 0.15) is 25.1 Å². The van der Waals surface area contributed by atoms with Gasteiger partial charge in [0.1, 0.15) is 6.04 Å². The van der Waals surface area contributed by atoms with E-state index in [9.17, 15) is 9.59 Å². The number of amides is 2. The fourth-order valence-corrected chi connectivity index (χ4v) is 1.57. The molecular weight excluding hydrogens is 246 g/mol. The summed E-state index contributed by atoms with van der Waals surface area (Å²) in [5, 5.41) is 14.0. The van der Waals surface area contributed by atoms with E-state index < -0.39 is 18.0 Å². The summed E-state index contributed by atoms with van der Waals surface area (Å²) in [7, 11) is 0. The number of nitrogens with one attached hydrogen (secondary N) is 2. The molecule has 0 aliphatic carbocycles. The SMILES string of the molecule is Cc1cccnc1CNC(=O)N[C@H](C(=O)O)C(C)C. The van der Waals surface area contributed by atoms with Crippen molar-refractivity contribution < 1.29 is 14.7 Å². The van der Waals surface area contributed by atoms with Gasteiger partial charge in [0, 0.05) is 6.20 Å². The molecule has 0 aliphatic heterocycles. The van der Waals surface area contributed by atoms with Crippen molar-refractivity contribution >= 4 is 12.0 Å². The number of urea groups is 1. The van der Waals surface area contributed by atoms with Crippen molar-refractivity contribution in [2.45, 2.75) is 33.4 Å². The van der Waals surface area contributed by atoms with Crippen LogP contribution < -0.4 is 10.6 Å². The Bertz CT molecular complexity index is 460. The van der Waals surface area contributed by atoms with Crippen LogP contribution in [0.4, 0.5) is 4.79 Å². The third-order valence-electron chi connectivity index (χ3n) is 2.75. The van der Waals surface area contributed by atoms with Crippen LogP contribution in [0.2, 0.25) is 0 Å². The number of carboxylic acids is 1. The van der Waals surface area contributed by atoms with Crippen LogP contribution in [0.3, 0.4) is 0 Å².